The van der Waals surface area contributed by atoms with Crippen molar-refractivity contribution >= 4 is 72.2 Å². The Kier molecular flexibility index (Phi) is 8.16. The highest BCUT2D eigenvalue weighted by atomic mass is 79.9. The van der Waals surface area contributed by atoms with Gasteiger partial charge in [-0.1, -0.05) is 68.1 Å². The number of nitrogens with zero attached hydrogens (tertiary/aromatic N) is 3. The van der Waals surface area contributed by atoms with Gasteiger partial charge in [0.15, 0.2) is 11.5 Å². The number of hydrogen-bond donors (Lipinski definition) is 0. The van der Waals surface area contributed by atoms with E-state index in [1.165, 1.54) is 4.68 Å². The van der Waals surface area contributed by atoms with Crippen LogP contribution in [0.4, 0.5) is 0 Å². The summed E-state index contributed by atoms with van der Waals surface area (Å²) in [7, 11) is 1.55. The summed E-state index contributed by atoms with van der Waals surface area (Å²) in [4.78, 5) is 17.8. The van der Waals surface area contributed by atoms with Gasteiger partial charge in [-0.3, -0.25) is 4.79 Å². The molecule has 1 aromatic heterocycles. The molecule has 180 valence electrons. The van der Waals surface area contributed by atoms with Gasteiger partial charge in [0.05, 0.1) is 24.2 Å². The van der Waals surface area contributed by atoms with Gasteiger partial charge in [-0.05, 0) is 42.5 Å². The van der Waals surface area contributed by atoms with Crippen LogP contribution in [-0.2, 0) is 13.0 Å². The van der Waals surface area contributed by atoms with Crippen molar-refractivity contribution in [3.63, 3.8) is 0 Å². The first-order chi connectivity index (χ1) is 16.8. The van der Waals surface area contributed by atoms with Crippen LogP contribution in [0.2, 0.25) is 10.0 Å². The van der Waals surface area contributed by atoms with Crippen LogP contribution in [0.5, 0.6) is 11.5 Å². The first kappa shape index (κ1) is 25.7. The smallest absolute Gasteiger partial charge is 0.282 e. The third-order valence-corrected chi connectivity index (χ3v) is 6.70. The number of benzene rings is 3. The number of fused-ring (bicyclic) bond motifs is 1. The summed E-state index contributed by atoms with van der Waals surface area (Å²) in [6.07, 6.45) is 2.08. The summed E-state index contributed by atoms with van der Waals surface area (Å²) in [5.41, 5.74) is 1.72. The Morgan fingerprint density at radius 1 is 1.09 bits per heavy atom. The van der Waals surface area contributed by atoms with Crippen molar-refractivity contribution in [3.05, 3.63) is 94.8 Å². The van der Waals surface area contributed by atoms with Crippen LogP contribution in [-0.4, -0.2) is 23.0 Å². The van der Waals surface area contributed by atoms with E-state index in [1.54, 1.807) is 49.7 Å². The van der Waals surface area contributed by atoms with Crippen molar-refractivity contribution in [2.45, 2.75) is 20.0 Å². The molecule has 6 nitrogen and oxygen atoms in total. The fourth-order valence-corrected chi connectivity index (χ4v) is 4.72. The second-order valence-electron chi connectivity index (χ2n) is 7.46. The second kappa shape index (κ2) is 11.1. The fraction of sp³-hybridized carbons (Fsp3) is 0.160. The highest BCUT2D eigenvalue weighted by Gasteiger charge is 2.15. The third-order valence-electron chi connectivity index (χ3n) is 5.16. The van der Waals surface area contributed by atoms with Crippen molar-refractivity contribution < 1.29 is 9.47 Å². The van der Waals surface area contributed by atoms with Crippen molar-refractivity contribution in [3.8, 4) is 11.5 Å². The van der Waals surface area contributed by atoms with Gasteiger partial charge < -0.3 is 9.47 Å². The zero-order valence-corrected chi connectivity index (χ0v) is 23.4. The van der Waals surface area contributed by atoms with Gasteiger partial charge in [-0.25, -0.2) is 4.98 Å². The van der Waals surface area contributed by atoms with Crippen LogP contribution in [0.1, 0.15) is 23.9 Å². The molecule has 0 amide bonds. The largest absolute Gasteiger partial charge is 0.493 e. The molecule has 0 N–H and O–H groups in total. The Labute approximate surface area is 228 Å². The van der Waals surface area contributed by atoms with Gasteiger partial charge >= 0.3 is 0 Å². The number of rotatable bonds is 7. The van der Waals surface area contributed by atoms with E-state index in [0.717, 1.165) is 14.5 Å². The number of aromatic nitrogens is 2. The maximum atomic E-state index is 13.2. The van der Waals surface area contributed by atoms with Gasteiger partial charge in [0.25, 0.3) is 5.56 Å². The Morgan fingerprint density at radius 2 is 1.89 bits per heavy atom. The lowest BCUT2D eigenvalue weighted by atomic mass is 10.2. The van der Waals surface area contributed by atoms with Crippen LogP contribution < -0.4 is 15.0 Å². The molecule has 0 radical (unpaired) electrons. The number of aryl methyl sites for hydroxylation is 1. The molecule has 0 saturated heterocycles. The monoisotopic (exact) mass is 637 g/mol. The summed E-state index contributed by atoms with van der Waals surface area (Å²) in [5.74, 6) is 1.49. The molecule has 0 saturated carbocycles. The first-order valence-electron chi connectivity index (χ1n) is 10.5. The van der Waals surface area contributed by atoms with Gasteiger partial charge in [0.2, 0.25) is 0 Å². The third kappa shape index (κ3) is 5.72. The highest BCUT2D eigenvalue weighted by Crippen LogP contribution is 2.35. The Bertz CT molecular complexity index is 1510. The number of ether oxygens (including phenoxy) is 2. The molecule has 0 atom stereocenters. The van der Waals surface area contributed by atoms with Crippen LogP contribution >= 0.6 is 55.1 Å². The maximum Gasteiger partial charge on any atom is 0.282 e. The molecule has 0 fully saturated rings. The SMILES string of the molecule is CCc1nc2ccc(Br)cc2c(=O)n1N=Cc1cc(Br)cc(OC)c1OCc1ccc(Cl)cc1Cl. The maximum absolute atomic E-state index is 13.2. The minimum atomic E-state index is -0.262. The lowest BCUT2D eigenvalue weighted by Gasteiger charge is -2.15. The molecule has 0 aliphatic heterocycles. The first-order valence-corrected chi connectivity index (χ1v) is 12.8. The molecule has 0 aliphatic rings. The van der Waals surface area contributed by atoms with E-state index in [0.29, 0.717) is 50.3 Å². The minimum absolute atomic E-state index is 0.181. The molecule has 4 aromatic rings. The molecule has 1 heterocycles. The molecule has 4 rings (SSSR count). The molecule has 0 spiro atoms. The molecule has 35 heavy (non-hydrogen) atoms. The van der Waals surface area contributed by atoms with Crippen molar-refractivity contribution in [2.24, 2.45) is 5.10 Å². The molecule has 0 unspecified atom stereocenters. The van der Waals surface area contributed by atoms with Crippen LogP contribution in [0, 0.1) is 0 Å². The van der Waals surface area contributed by atoms with Gasteiger partial charge in [-0.15, -0.1) is 0 Å². The summed E-state index contributed by atoms with van der Waals surface area (Å²) in [5, 5.41) is 6.00. The molecule has 10 heteroatoms. The zero-order chi connectivity index (χ0) is 25.1. The second-order valence-corrected chi connectivity index (χ2v) is 10.1. The summed E-state index contributed by atoms with van der Waals surface area (Å²) in [6, 6.07) is 14.2. The quantitative estimate of drug-likeness (QED) is 0.200. The van der Waals surface area contributed by atoms with E-state index in [-0.39, 0.29) is 12.2 Å². The van der Waals surface area contributed by atoms with E-state index in [9.17, 15) is 4.79 Å². The zero-order valence-electron chi connectivity index (χ0n) is 18.7. The van der Waals surface area contributed by atoms with Crippen LogP contribution in [0.3, 0.4) is 0 Å². The Morgan fingerprint density at radius 3 is 2.60 bits per heavy atom. The lowest BCUT2D eigenvalue weighted by molar-refractivity contribution is 0.284. The van der Waals surface area contributed by atoms with E-state index in [1.807, 2.05) is 19.1 Å². The van der Waals surface area contributed by atoms with E-state index >= 15 is 0 Å². The van der Waals surface area contributed by atoms with E-state index in [4.69, 9.17) is 32.7 Å². The topological polar surface area (TPSA) is 65.7 Å². The van der Waals surface area contributed by atoms with Crippen LogP contribution in [0.15, 0.2) is 67.4 Å². The highest BCUT2D eigenvalue weighted by molar-refractivity contribution is 9.10. The minimum Gasteiger partial charge on any atom is -0.493 e. The van der Waals surface area contributed by atoms with Crippen molar-refractivity contribution in [1.29, 1.82) is 0 Å². The molecule has 3 aromatic carbocycles. The average Bonchev–Trinajstić information content (AvgIpc) is 2.83. The van der Waals surface area contributed by atoms with Crippen molar-refractivity contribution in [2.75, 3.05) is 7.11 Å². The normalized spacial score (nSPS) is 11.4. The fourth-order valence-electron chi connectivity index (χ4n) is 3.44. The standard InChI is InChI=1S/C25H19Br2Cl2N3O3/c1-3-23-31-21-7-5-16(26)9-19(21)25(33)32(23)30-12-15-8-17(27)10-22(34-2)24(15)35-13-14-4-6-18(28)11-20(14)29/h4-12H,3,13H2,1-2H3. The average molecular weight is 640 g/mol. The predicted octanol–water partition coefficient (Wildman–Crippen LogP) is 7.26. The van der Waals surface area contributed by atoms with E-state index in [2.05, 4.69) is 41.9 Å². The lowest BCUT2D eigenvalue weighted by Crippen LogP contribution is -2.22. The van der Waals surface area contributed by atoms with Crippen LogP contribution in [0.25, 0.3) is 10.9 Å². The van der Waals surface area contributed by atoms with Crippen molar-refractivity contribution in [1.82, 2.24) is 9.66 Å². The molecular weight excluding hydrogens is 621 g/mol. The van der Waals surface area contributed by atoms with Gasteiger partial charge in [-0.2, -0.15) is 9.78 Å². The number of halogens is 4. The number of methoxy groups -OCH3 is 1. The summed E-state index contributed by atoms with van der Waals surface area (Å²) >= 11 is 19.2. The Balaban J connectivity index is 1.77. The predicted molar refractivity (Wildman–Crippen MR) is 148 cm³/mol. The summed E-state index contributed by atoms with van der Waals surface area (Å²) < 4.78 is 14.5. The van der Waals surface area contributed by atoms with E-state index < -0.39 is 0 Å². The molecular formula is C25H19Br2Cl2N3O3. The Hall–Kier alpha value is -2.39. The summed E-state index contributed by atoms with van der Waals surface area (Å²) in [6.45, 7) is 2.10. The molecule has 0 bridgehead atoms. The molecule has 0 aliphatic carbocycles. The van der Waals surface area contributed by atoms with Gasteiger partial charge in [0, 0.05) is 36.5 Å². The number of hydrogen-bond acceptors (Lipinski definition) is 5. The van der Waals surface area contributed by atoms with Gasteiger partial charge in [0.1, 0.15) is 12.4 Å².